The summed E-state index contributed by atoms with van der Waals surface area (Å²) in [5.41, 5.74) is 3.88. The Bertz CT molecular complexity index is 1060. The molecule has 5 rings (SSSR count). The molecule has 40 heavy (non-hydrogen) atoms. The molecule has 2 aromatic rings. The summed E-state index contributed by atoms with van der Waals surface area (Å²) in [6.07, 6.45) is 12.2. The molecule has 0 spiro atoms. The second-order valence-electron chi connectivity index (χ2n) is 15.3. The topological polar surface area (TPSA) is 0 Å². The van der Waals surface area contributed by atoms with Crippen molar-refractivity contribution >= 4 is 51.1 Å². The van der Waals surface area contributed by atoms with E-state index in [1.165, 1.54) is 36.5 Å². The average Bonchev–Trinajstić information content (AvgIpc) is 3.51. The third-order valence-electron chi connectivity index (χ3n) is 11.7. The summed E-state index contributed by atoms with van der Waals surface area (Å²) in [6, 6.07) is 17.9. The summed E-state index contributed by atoms with van der Waals surface area (Å²) in [6.45, 7) is 19.3. The van der Waals surface area contributed by atoms with Gasteiger partial charge in [-0.3, -0.25) is 0 Å². The van der Waals surface area contributed by atoms with E-state index in [0.29, 0.717) is 0 Å². The van der Waals surface area contributed by atoms with Crippen molar-refractivity contribution in [1.29, 1.82) is 0 Å². The summed E-state index contributed by atoms with van der Waals surface area (Å²) in [5, 5.41) is 2.98. The fraction of sp³-hybridized carbons (Fsp3) is 0.647. The number of halogens is 2. The van der Waals surface area contributed by atoms with E-state index in [0.717, 1.165) is 34.8 Å². The second-order valence-corrected chi connectivity index (χ2v) is 40.7. The van der Waals surface area contributed by atoms with Gasteiger partial charge in [0.05, 0.1) is 0 Å². The van der Waals surface area contributed by atoms with Crippen LogP contribution in [-0.2, 0) is 20.8 Å². The molecule has 3 saturated carbocycles. The molecule has 2 aromatic carbocycles. The Morgan fingerprint density at radius 2 is 1.38 bits per heavy atom. The van der Waals surface area contributed by atoms with Gasteiger partial charge in [-0.2, -0.15) is 0 Å². The third-order valence-corrected chi connectivity index (χ3v) is 34.3. The fourth-order valence-corrected chi connectivity index (χ4v) is 25.6. The van der Waals surface area contributed by atoms with Crippen LogP contribution in [0.4, 0.5) is 0 Å². The van der Waals surface area contributed by atoms with Gasteiger partial charge in [-0.15, -0.1) is 0 Å². The number of hydrogen-bond donors (Lipinski definition) is 0. The predicted molar refractivity (Wildman–Crippen MR) is 189 cm³/mol. The summed E-state index contributed by atoms with van der Waals surface area (Å²) in [4.78, 5) is 0. The molecule has 0 N–H and O–H groups in total. The van der Waals surface area contributed by atoms with E-state index < -0.39 is 44.1 Å². The van der Waals surface area contributed by atoms with Crippen molar-refractivity contribution in [1.82, 2.24) is 0 Å². The van der Waals surface area contributed by atoms with E-state index >= 15 is 0 Å². The standard InChI is InChI=1S/C32H52Si3.2CH3.2ClH.Zr/c1-33(2,3)23-24-18-19-26(22-24)34(4,5)35(6,7)32-21-20-30-29(16-11-17-31(30)32)28-15-10-13-25-12-8-9-14-27(25)28;;;;;/h8-10,12-15,24,26,29-32H,11,16-23H2,1-7H3;2*1H3;2*1H;/q;2*-1;;;+4/p-2. The SMILES string of the molecule is C[Si](C)(C)CC1CCC([Si](C)(C)[Si](C)(C)C2CCC3C(c4cccc5ccccc45)CCCC32)C1.[CH3-].[CH3-].[Cl][Zr+2][Cl]. The summed E-state index contributed by atoms with van der Waals surface area (Å²) in [5.74, 6) is 3.82. The van der Waals surface area contributed by atoms with Crippen LogP contribution < -0.4 is 0 Å². The van der Waals surface area contributed by atoms with Crippen LogP contribution in [0, 0.1) is 32.6 Å². The quantitative estimate of drug-likeness (QED) is 0.207. The molecule has 0 bridgehead atoms. The van der Waals surface area contributed by atoms with Crippen LogP contribution >= 0.6 is 17.0 Å². The molecular formula is C34H58Cl2Si3Zr. The van der Waals surface area contributed by atoms with Gasteiger partial charge in [-0.1, -0.05) is 133 Å². The van der Waals surface area contributed by atoms with Crippen molar-refractivity contribution in [3.63, 3.8) is 0 Å². The molecule has 0 nitrogen and oxygen atoms in total. The molecule has 0 saturated heterocycles. The molecule has 6 heteroatoms. The van der Waals surface area contributed by atoms with Crippen LogP contribution in [0.2, 0.25) is 63.0 Å². The van der Waals surface area contributed by atoms with Crippen LogP contribution in [0.15, 0.2) is 42.5 Å². The Balaban J connectivity index is 0.00000107. The first-order valence-corrected chi connectivity index (χ1v) is 32.5. The van der Waals surface area contributed by atoms with Gasteiger partial charge in [0.1, 0.15) is 0 Å². The van der Waals surface area contributed by atoms with E-state index in [4.69, 9.17) is 17.0 Å². The van der Waals surface area contributed by atoms with Gasteiger partial charge < -0.3 is 14.9 Å². The molecule has 224 valence electrons. The van der Waals surface area contributed by atoms with E-state index in [9.17, 15) is 0 Å². The third kappa shape index (κ3) is 7.90. The molecule has 6 atom stereocenters. The normalized spacial score (nSPS) is 28.4. The minimum absolute atomic E-state index is 0. The van der Waals surface area contributed by atoms with Crippen LogP contribution in [0.3, 0.4) is 0 Å². The molecule has 3 fully saturated rings. The summed E-state index contributed by atoms with van der Waals surface area (Å²) >= 11 is -0.826. The van der Waals surface area contributed by atoms with Crippen molar-refractivity contribution in [3.05, 3.63) is 62.9 Å². The van der Waals surface area contributed by atoms with Gasteiger partial charge >= 0.3 is 37.9 Å². The van der Waals surface area contributed by atoms with E-state index in [-0.39, 0.29) is 14.9 Å². The Kier molecular flexibility index (Phi) is 14.1. The maximum absolute atomic E-state index is 4.93. The van der Waals surface area contributed by atoms with Crippen LogP contribution in [0.1, 0.15) is 62.8 Å². The molecule has 0 radical (unpaired) electrons. The molecule has 6 unspecified atom stereocenters. The van der Waals surface area contributed by atoms with Crippen LogP contribution in [0.25, 0.3) is 10.8 Å². The summed E-state index contributed by atoms with van der Waals surface area (Å²) < 4.78 is 0. The zero-order valence-electron chi connectivity index (χ0n) is 27.1. The number of fused-ring (bicyclic) bond motifs is 2. The monoisotopic (exact) mass is 710 g/mol. The van der Waals surface area contributed by atoms with Gasteiger partial charge in [0.15, 0.2) is 0 Å². The van der Waals surface area contributed by atoms with Gasteiger partial charge in [0, 0.05) is 23.3 Å². The average molecular weight is 713 g/mol. The zero-order chi connectivity index (χ0) is 27.7. The number of rotatable bonds is 6. The molecule has 0 heterocycles. The summed E-state index contributed by atoms with van der Waals surface area (Å²) in [7, 11) is 6.39. The van der Waals surface area contributed by atoms with Crippen LogP contribution in [0.5, 0.6) is 0 Å². The molecule has 0 aromatic heterocycles. The molecule has 3 aliphatic carbocycles. The Labute approximate surface area is 270 Å². The van der Waals surface area contributed by atoms with Crippen molar-refractivity contribution in [2.45, 2.75) is 120 Å². The maximum atomic E-state index is 4.93. The van der Waals surface area contributed by atoms with Crippen molar-refractivity contribution in [2.24, 2.45) is 17.8 Å². The molecular weight excluding hydrogens is 655 g/mol. The minimum atomic E-state index is -1.29. The van der Waals surface area contributed by atoms with Crippen molar-refractivity contribution in [3.8, 4) is 0 Å². The van der Waals surface area contributed by atoms with E-state index in [1.807, 2.05) is 0 Å². The molecule has 0 aliphatic heterocycles. The first kappa shape index (κ1) is 37.0. The van der Waals surface area contributed by atoms with Crippen molar-refractivity contribution < 1.29 is 20.8 Å². The van der Waals surface area contributed by atoms with E-state index in [2.05, 4.69) is 88.3 Å². The van der Waals surface area contributed by atoms with Gasteiger partial charge in [-0.25, -0.2) is 0 Å². The molecule has 0 amide bonds. The van der Waals surface area contributed by atoms with Gasteiger partial charge in [0.25, 0.3) is 0 Å². The second kappa shape index (κ2) is 15.2. The Hall–Kier alpha value is 0.814. The molecule has 3 aliphatic rings. The Morgan fingerprint density at radius 1 is 0.725 bits per heavy atom. The first-order chi connectivity index (χ1) is 17.9. The van der Waals surface area contributed by atoms with E-state index in [1.54, 1.807) is 37.3 Å². The number of benzene rings is 2. The van der Waals surface area contributed by atoms with Gasteiger partial charge in [0.2, 0.25) is 0 Å². The predicted octanol–water partition coefficient (Wildman–Crippen LogP) is 12.8. The van der Waals surface area contributed by atoms with Crippen LogP contribution in [-0.4, -0.2) is 23.3 Å². The number of hydrogen-bond acceptors (Lipinski definition) is 0. The van der Waals surface area contributed by atoms with Crippen molar-refractivity contribution in [2.75, 3.05) is 0 Å². The first-order valence-electron chi connectivity index (χ1n) is 15.3. The Morgan fingerprint density at radius 3 is 2.05 bits per heavy atom. The van der Waals surface area contributed by atoms with Gasteiger partial charge in [-0.05, 0) is 63.9 Å². The zero-order valence-corrected chi connectivity index (χ0v) is 34.1. The fourth-order valence-electron chi connectivity index (χ4n) is 9.44.